The van der Waals surface area contributed by atoms with Gasteiger partial charge in [0.1, 0.15) is 0 Å². The lowest BCUT2D eigenvalue weighted by Crippen LogP contribution is -2.57. The number of nitrogens with two attached hydrogens (primary N) is 2. The zero-order valence-corrected chi connectivity index (χ0v) is 7.44. The molecule has 1 aliphatic rings. The predicted octanol–water partition coefficient (Wildman–Crippen LogP) is -0.759. The molecule has 0 aromatic carbocycles. The Bertz CT molecular complexity index is 154. The van der Waals surface area contributed by atoms with Gasteiger partial charge in [0.2, 0.25) is 0 Å². The molecule has 0 radical (unpaired) electrons. The lowest BCUT2D eigenvalue weighted by atomic mass is 9.92. The Balaban J connectivity index is 2.68. The highest BCUT2D eigenvalue weighted by Gasteiger charge is 2.31. The molecule has 4 nitrogen and oxygen atoms in total. The van der Waals surface area contributed by atoms with E-state index < -0.39 is 0 Å². The van der Waals surface area contributed by atoms with Crippen molar-refractivity contribution in [3.8, 4) is 0 Å². The van der Waals surface area contributed by atoms with Crippen LogP contribution in [-0.4, -0.2) is 38.5 Å². The van der Waals surface area contributed by atoms with Gasteiger partial charge in [0.05, 0.1) is 24.3 Å². The summed E-state index contributed by atoms with van der Waals surface area (Å²) in [6, 6.07) is -0.380. The summed E-state index contributed by atoms with van der Waals surface area (Å²) < 4.78 is 10.2. The molecule has 0 aromatic rings. The minimum atomic E-state index is -0.190. The molecule has 0 spiro atoms. The number of methoxy groups -OCH3 is 2. The molecular weight excluding hydrogens is 156 g/mol. The van der Waals surface area contributed by atoms with Gasteiger partial charge >= 0.3 is 0 Å². The highest BCUT2D eigenvalue weighted by Crippen LogP contribution is 2.14. The fourth-order valence-electron chi connectivity index (χ4n) is 1.39. The second-order valence-corrected chi connectivity index (χ2v) is 2.94. The van der Waals surface area contributed by atoms with E-state index in [-0.39, 0.29) is 24.3 Å². The van der Waals surface area contributed by atoms with E-state index in [9.17, 15) is 0 Å². The first-order chi connectivity index (χ1) is 5.70. The molecule has 0 heterocycles. The van der Waals surface area contributed by atoms with E-state index in [0.717, 1.165) is 0 Å². The maximum atomic E-state index is 5.82. The average molecular weight is 172 g/mol. The first-order valence-electron chi connectivity index (χ1n) is 3.95. The summed E-state index contributed by atoms with van der Waals surface area (Å²) >= 11 is 0. The summed E-state index contributed by atoms with van der Waals surface area (Å²) in [6.07, 6.45) is 3.60. The third-order valence-electron chi connectivity index (χ3n) is 2.24. The third-order valence-corrected chi connectivity index (χ3v) is 2.24. The van der Waals surface area contributed by atoms with Crippen molar-refractivity contribution in [2.24, 2.45) is 11.5 Å². The second kappa shape index (κ2) is 4.00. The molecular formula is C8H16N2O2. The first kappa shape index (κ1) is 9.67. The molecule has 4 unspecified atom stereocenters. The zero-order valence-electron chi connectivity index (χ0n) is 7.44. The van der Waals surface area contributed by atoms with Crippen LogP contribution < -0.4 is 11.5 Å². The molecule has 0 saturated heterocycles. The smallest absolute Gasteiger partial charge is 0.0920 e. The highest BCUT2D eigenvalue weighted by molar-refractivity contribution is 5.11. The monoisotopic (exact) mass is 172 g/mol. The van der Waals surface area contributed by atoms with Crippen LogP contribution in [0.1, 0.15) is 0 Å². The highest BCUT2D eigenvalue weighted by atomic mass is 16.5. The average Bonchev–Trinajstić information content (AvgIpc) is 2.10. The van der Waals surface area contributed by atoms with Crippen molar-refractivity contribution in [1.29, 1.82) is 0 Å². The first-order valence-corrected chi connectivity index (χ1v) is 3.95. The lowest BCUT2D eigenvalue weighted by molar-refractivity contribution is 0.0510. The van der Waals surface area contributed by atoms with Crippen molar-refractivity contribution in [3.05, 3.63) is 12.2 Å². The SMILES string of the molecule is COC1C=CC(OC)C(N)C1N. The Morgan fingerprint density at radius 1 is 0.917 bits per heavy atom. The fraction of sp³-hybridized carbons (Fsp3) is 0.750. The normalized spacial score (nSPS) is 41.7. The summed E-state index contributed by atoms with van der Waals surface area (Å²) in [5.41, 5.74) is 11.6. The second-order valence-electron chi connectivity index (χ2n) is 2.94. The van der Waals surface area contributed by atoms with Crippen LogP contribution in [0, 0.1) is 0 Å². The maximum absolute atomic E-state index is 5.82. The van der Waals surface area contributed by atoms with Crippen LogP contribution in [0.25, 0.3) is 0 Å². The van der Waals surface area contributed by atoms with Crippen molar-refractivity contribution >= 4 is 0 Å². The van der Waals surface area contributed by atoms with E-state index in [1.54, 1.807) is 14.2 Å². The molecule has 1 rings (SSSR count). The number of ether oxygens (including phenoxy) is 2. The third kappa shape index (κ3) is 1.67. The van der Waals surface area contributed by atoms with Crippen molar-refractivity contribution in [2.45, 2.75) is 24.3 Å². The van der Waals surface area contributed by atoms with Gasteiger partial charge in [0.15, 0.2) is 0 Å². The molecule has 0 bridgehead atoms. The molecule has 0 aliphatic heterocycles. The lowest BCUT2D eigenvalue weighted by Gasteiger charge is -2.33. The molecule has 4 atom stereocenters. The predicted molar refractivity (Wildman–Crippen MR) is 46.7 cm³/mol. The van der Waals surface area contributed by atoms with E-state index in [1.807, 2.05) is 12.2 Å². The van der Waals surface area contributed by atoms with Gasteiger partial charge in [-0.05, 0) is 0 Å². The number of rotatable bonds is 2. The van der Waals surface area contributed by atoms with Crippen LogP contribution >= 0.6 is 0 Å². The van der Waals surface area contributed by atoms with Gasteiger partial charge in [-0.25, -0.2) is 0 Å². The van der Waals surface area contributed by atoms with E-state index in [0.29, 0.717) is 0 Å². The van der Waals surface area contributed by atoms with E-state index >= 15 is 0 Å². The molecule has 0 aromatic heterocycles. The minimum Gasteiger partial charge on any atom is -0.376 e. The molecule has 0 saturated carbocycles. The molecule has 1 aliphatic carbocycles. The van der Waals surface area contributed by atoms with E-state index in [1.165, 1.54) is 0 Å². The van der Waals surface area contributed by atoms with Crippen LogP contribution in [0.15, 0.2) is 12.2 Å². The summed E-state index contributed by atoms with van der Waals surface area (Å²) in [4.78, 5) is 0. The van der Waals surface area contributed by atoms with Gasteiger partial charge in [-0.1, -0.05) is 12.2 Å². The molecule has 4 heteroatoms. The van der Waals surface area contributed by atoms with Crippen molar-refractivity contribution in [3.63, 3.8) is 0 Å². The summed E-state index contributed by atoms with van der Waals surface area (Å²) in [5, 5.41) is 0. The Kier molecular flexibility index (Phi) is 3.22. The minimum absolute atomic E-state index is 0.0913. The Morgan fingerprint density at radius 2 is 1.25 bits per heavy atom. The van der Waals surface area contributed by atoms with Crippen LogP contribution in [0.4, 0.5) is 0 Å². The van der Waals surface area contributed by atoms with Crippen LogP contribution in [-0.2, 0) is 9.47 Å². The van der Waals surface area contributed by atoms with Crippen LogP contribution in [0.5, 0.6) is 0 Å². The molecule has 12 heavy (non-hydrogen) atoms. The fourth-order valence-corrected chi connectivity index (χ4v) is 1.39. The standard InChI is InChI=1S/C8H16N2O2/c1-11-5-3-4-6(12-2)8(10)7(5)9/h3-8H,9-10H2,1-2H3. The van der Waals surface area contributed by atoms with Crippen molar-refractivity contribution < 1.29 is 9.47 Å². The van der Waals surface area contributed by atoms with Crippen LogP contribution in [0.2, 0.25) is 0 Å². The van der Waals surface area contributed by atoms with Crippen molar-refractivity contribution in [1.82, 2.24) is 0 Å². The zero-order chi connectivity index (χ0) is 9.14. The topological polar surface area (TPSA) is 70.5 Å². The van der Waals surface area contributed by atoms with Gasteiger partial charge in [-0.2, -0.15) is 0 Å². The summed E-state index contributed by atoms with van der Waals surface area (Å²) in [6.45, 7) is 0. The van der Waals surface area contributed by atoms with E-state index in [2.05, 4.69) is 0 Å². The Morgan fingerprint density at radius 3 is 1.50 bits per heavy atom. The molecule has 0 amide bonds. The van der Waals surface area contributed by atoms with Gasteiger partial charge in [0.25, 0.3) is 0 Å². The number of hydrogen-bond acceptors (Lipinski definition) is 4. The summed E-state index contributed by atoms with van der Waals surface area (Å²) in [5.74, 6) is 0. The molecule has 70 valence electrons. The Labute approximate surface area is 72.5 Å². The number of hydrogen-bond donors (Lipinski definition) is 2. The van der Waals surface area contributed by atoms with Gasteiger partial charge < -0.3 is 20.9 Å². The van der Waals surface area contributed by atoms with Gasteiger partial charge in [-0.15, -0.1) is 0 Å². The van der Waals surface area contributed by atoms with E-state index in [4.69, 9.17) is 20.9 Å². The molecule has 0 fully saturated rings. The summed E-state index contributed by atoms with van der Waals surface area (Å²) in [7, 11) is 3.24. The quantitative estimate of drug-likeness (QED) is 0.537. The van der Waals surface area contributed by atoms with Gasteiger partial charge in [0, 0.05) is 14.2 Å². The largest absolute Gasteiger partial charge is 0.376 e. The van der Waals surface area contributed by atoms with Crippen molar-refractivity contribution in [2.75, 3.05) is 14.2 Å². The van der Waals surface area contributed by atoms with Gasteiger partial charge in [-0.3, -0.25) is 0 Å². The maximum Gasteiger partial charge on any atom is 0.0920 e. The molecule has 4 N–H and O–H groups in total. The Hall–Kier alpha value is -0.420. The van der Waals surface area contributed by atoms with Crippen LogP contribution in [0.3, 0.4) is 0 Å².